The minimum atomic E-state index is -4.34. The monoisotopic (exact) mass is 557 g/mol. The van der Waals surface area contributed by atoms with Crippen LogP contribution in [-0.2, 0) is 22.8 Å². The lowest BCUT2D eigenvalue weighted by Crippen LogP contribution is -2.34. The van der Waals surface area contributed by atoms with Crippen LogP contribution in [0.1, 0.15) is 68.1 Å². The molecule has 1 fully saturated rings. The molecule has 0 spiro atoms. The summed E-state index contributed by atoms with van der Waals surface area (Å²) in [6, 6.07) is 4.99. The molecule has 212 valence electrons. The summed E-state index contributed by atoms with van der Waals surface area (Å²) >= 11 is 0. The van der Waals surface area contributed by atoms with Crippen molar-refractivity contribution in [2.45, 2.75) is 77.8 Å². The van der Waals surface area contributed by atoms with Crippen LogP contribution in [-0.4, -0.2) is 55.4 Å². The molecule has 2 aromatic rings. The van der Waals surface area contributed by atoms with Crippen molar-refractivity contribution >= 4 is 15.7 Å². The summed E-state index contributed by atoms with van der Waals surface area (Å²) in [6.07, 6.45) is -0.590. The number of nitrogens with zero attached hydrogens (tertiary/aromatic N) is 2. The molecule has 11 heteroatoms. The van der Waals surface area contributed by atoms with Crippen LogP contribution in [0.4, 0.5) is 13.2 Å². The number of rotatable bonds is 9. The molecule has 1 aromatic carbocycles. The minimum absolute atomic E-state index is 0.196. The van der Waals surface area contributed by atoms with Crippen molar-refractivity contribution in [2.24, 2.45) is 11.3 Å². The number of carbonyl (C=O) groups is 1. The predicted octanol–water partition coefficient (Wildman–Crippen LogP) is 5.35. The Hall–Kier alpha value is -2.56. The van der Waals surface area contributed by atoms with E-state index in [1.54, 1.807) is 29.8 Å². The van der Waals surface area contributed by atoms with Crippen LogP contribution in [0.2, 0.25) is 0 Å². The number of carbonyl (C=O) groups excluding carboxylic acids is 1. The number of benzene rings is 1. The van der Waals surface area contributed by atoms with Crippen molar-refractivity contribution in [3.8, 4) is 17.0 Å². The molecule has 1 saturated carbocycles. The van der Waals surface area contributed by atoms with E-state index >= 15 is 0 Å². The standard InChI is InChI=1S/C27H38F3N3O4S/c1-7-33-24(21-13-10-19(14-22(21)37-5)15-26(3,4)27(28,29)30)17(2)23(32-33)25(34)31-16-18-8-11-20(12-9-18)38(6,35)36/h10,13-14,18,20H,7-9,11-12,15-16H2,1-6H3,(H,31,34). The fourth-order valence-electron chi connectivity index (χ4n) is 5.07. The Kier molecular flexibility index (Phi) is 8.90. The van der Waals surface area contributed by atoms with E-state index in [0.29, 0.717) is 54.1 Å². The van der Waals surface area contributed by atoms with E-state index in [9.17, 15) is 26.4 Å². The summed E-state index contributed by atoms with van der Waals surface area (Å²) in [6.45, 7) is 6.95. The maximum absolute atomic E-state index is 13.4. The third-order valence-electron chi connectivity index (χ3n) is 7.59. The van der Waals surface area contributed by atoms with Crippen LogP contribution < -0.4 is 10.1 Å². The first kappa shape index (κ1) is 30.0. The van der Waals surface area contributed by atoms with Crippen LogP contribution >= 0.6 is 0 Å². The summed E-state index contributed by atoms with van der Waals surface area (Å²) in [7, 11) is -1.58. The number of hydrogen-bond donors (Lipinski definition) is 1. The molecule has 0 bridgehead atoms. The van der Waals surface area contributed by atoms with Gasteiger partial charge in [0.25, 0.3) is 5.91 Å². The summed E-state index contributed by atoms with van der Waals surface area (Å²) in [5.74, 6) is 0.301. The molecule has 1 N–H and O–H groups in total. The first-order chi connectivity index (χ1) is 17.6. The van der Waals surface area contributed by atoms with E-state index in [1.165, 1.54) is 27.2 Å². The van der Waals surface area contributed by atoms with Gasteiger partial charge in [0, 0.05) is 30.5 Å². The second-order valence-electron chi connectivity index (χ2n) is 10.9. The highest BCUT2D eigenvalue weighted by Crippen LogP contribution is 2.42. The molecule has 0 aliphatic heterocycles. The first-order valence-corrected chi connectivity index (χ1v) is 14.8. The average molecular weight is 558 g/mol. The molecule has 1 aliphatic carbocycles. The maximum Gasteiger partial charge on any atom is 0.394 e. The lowest BCUT2D eigenvalue weighted by molar-refractivity contribution is -0.211. The lowest BCUT2D eigenvalue weighted by Gasteiger charge is -2.28. The Labute approximate surface area is 223 Å². The molecule has 0 saturated heterocycles. The number of ether oxygens (including phenoxy) is 1. The van der Waals surface area contributed by atoms with Crippen LogP contribution in [0.5, 0.6) is 5.75 Å². The topological polar surface area (TPSA) is 90.3 Å². The van der Waals surface area contributed by atoms with Crippen molar-refractivity contribution in [2.75, 3.05) is 19.9 Å². The van der Waals surface area contributed by atoms with Crippen molar-refractivity contribution in [3.63, 3.8) is 0 Å². The van der Waals surface area contributed by atoms with Gasteiger partial charge in [0.05, 0.1) is 23.5 Å². The van der Waals surface area contributed by atoms with Crippen LogP contribution in [0, 0.1) is 18.3 Å². The molecular formula is C27H38F3N3O4S. The molecule has 38 heavy (non-hydrogen) atoms. The SMILES string of the molecule is CCn1nc(C(=O)NCC2CCC(S(C)(=O)=O)CC2)c(C)c1-c1ccc(CC(C)(C)C(F)(F)F)cc1OC. The van der Waals surface area contributed by atoms with Gasteiger partial charge in [-0.2, -0.15) is 18.3 Å². The quantitative estimate of drug-likeness (QED) is 0.449. The Morgan fingerprint density at radius 1 is 1.18 bits per heavy atom. The zero-order chi connectivity index (χ0) is 28.5. The van der Waals surface area contributed by atoms with Gasteiger partial charge in [-0.25, -0.2) is 8.42 Å². The third-order valence-corrected chi connectivity index (χ3v) is 9.27. The van der Waals surface area contributed by atoms with E-state index in [1.807, 2.05) is 6.92 Å². The van der Waals surface area contributed by atoms with Gasteiger partial charge in [-0.15, -0.1) is 0 Å². The van der Waals surface area contributed by atoms with E-state index in [-0.39, 0.29) is 29.2 Å². The molecule has 0 unspecified atom stereocenters. The highest BCUT2D eigenvalue weighted by Gasteiger charge is 2.47. The number of alkyl halides is 3. The second-order valence-corrected chi connectivity index (χ2v) is 13.2. The smallest absolute Gasteiger partial charge is 0.394 e. The number of nitrogens with one attached hydrogen (secondary N) is 1. The van der Waals surface area contributed by atoms with Gasteiger partial charge >= 0.3 is 6.18 Å². The summed E-state index contributed by atoms with van der Waals surface area (Å²) < 4.78 is 71.1. The van der Waals surface area contributed by atoms with Gasteiger partial charge in [-0.05, 0) is 69.6 Å². The van der Waals surface area contributed by atoms with Gasteiger partial charge in [0.2, 0.25) is 0 Å². The fourth-order valence-corrected chi connectivity index (χ4v) is 6.20. The van der Waals surface area contributed by atoms with Gasteiger partial charge in [0.15, 0.2) is 5.69 Å². The average Bonchev–Trinajstić information content (AvgIpc) is 3.17. The van der Waals surface area contributed by atoms with Gasteiger partial charge in [-0.1, -0.05) is 19.9 Å². The van der Waals surface area contributed by atoms with Crippen LogP contribution in [0.3, 0.4) is 0 Å². The first-order valence-electron chi connectivity index (χ1n) is 12.9. The fraction of sp³-hybridized carbons (Fsp3) is 0.630. The van der Waals surface area contributed by atoms with E-state index in [2.05, 4.69) is 10.4 Å². The Morgan fingerprint density at radius 2 is 1.82 bits per heavy atom. The maximum atomic E-state index is 13.4. The number of sulfone groups is 1. The molecule has 0 radical (unpaired) electrons. The molecule has 1 heterocycles. The normalized spacial score (nSPS) is 18.9. The molecule has 3 rings (SSSR count). The van der Waals surface area contributed by atoms with Crippen LogP contribution in [0.25, 0.3) is 11.3 Å². The number of halogens is 3. The van der Waals surface area contributed by atoms with E-state index in [4.69, 9.17) is 4.74 Å². The van der Waals surface area contributed by atoms with E-state index in [0.717, 1.165) is 12.8 Å². The zero-order valence-corrected chi connectivity index (χ0v) is 23.7. The second kappa shape index (κ2) is 11.3. The molecule has 7 nitrogen and oxygen atoms in total. The number of aromatic nitrogens is 2. The van der Waals surface area contributed by atoms with Crippen molar-refractivity contribution in [3.05, 3.63) is 35.0 Å². The predicted molar refractivity (Wildman–Crippen MR) is 141 cm³/mol. The largest absolute Gasteiger partial charge is 0.496 e. The summed E-state index contributed by atoms with van der Waals surface area (Å²) in [5, 5.41) is 7.17. The highest BCUT2D eigenvalue weighted by molar-refractivity contribution is 7.91. The lowest BCUT2D eigenvalue weighted by atomic mass is 9.84. The highest BCUT2D eigenvalue weighted by atomic mass is 32.2. The molecule has 0 atom stereocenters. The van der Waals surface area contributed by atoms with Gasteiger partial charge < -0.3 is 10.1 Å². The van der Waals surface area contributed by atoms with Gasteiger partial charge in [0.1, 0.15) is 15.6 Å². The molecule has 1 amide bonds. The van der Waals surface area contributed by atoms with Crippen molar-refractivity contribution in [1.29, 1.82) is 0 Å². The number of methoxy groups -OCH3 is 1. The number of aryl methyl sites for hydroxylation is 1. The van der Waals surface area contributed by atoms with E-state index < -0.39 is 21.4 Å². The Bertz CT molecular complexity index is 1260. The molecular weight excluding hydrogens is 519 g/mol. The van der Waals surface area contributed by atoms with Crippen molar-refractivity contribution in [1.82, 2.24) is 15.1 Å². The Morgan fingerprint density at radius 3 is 2.34 bits per heavy atom. The van der Waals surface area contributed by atoms with Crippen LogP contribution in [0.15, 0.2) is 18.2 Å². The zero-order valence-electron chi connectivity index (χ0n) is 22.9. The summed E-state index contributed by atoms with van der Waals surface area (Å²) in [4.78, 5) is 13.1. The molecule has 1 aliphatic rings. The number of amides is 1. The molecule has 1 aromatic heterocycles. The minimum Gasteiger partial charge on any atom is -0.496 e. The number of hydrogen-bond acceptors (Lipinski definition) is 5. The summed E-state index contributed by atoms with van der Waals surface area (Å²) in [5.41, 5.74) is 0.839. The Balaban J connectivity index is 1.80. The van der Waals surface area contributed by atoms with Gasteiger partial charge in [-0.3, -0.25) is 9.48 Å². The van der Waals surface area contributed by atoms with Crippen molar-refractivity contribution < 1.29 is 31.1 Å². The third kappa shape index (κ3) is 6.52.